The molecule has 1 atom stereocenters. The molecule has 0 spiro atoms. The third-order valence-corrected chi connectivity index (χ3v) is 4.35. The summed E-state index contributed by atoms with van der Waals surface area (Å²) in [5.74, 6) is -2.94. The van der Waals surface area contributed by atoms with E-state index in [9.17, 15) is 19.7 Å². The van der Waals surface area contributed by atoms with Crippen LogP contribution >= 0.6 is 23.2 Å². The Balaban J connectivity index is 2.56. The summed E-state index contributed by atoms with van der Waals surface area (Å²) in [4.78, 5) is 34.1. The van der Waals surface area contributed by atoms with E-state index in [1.165, 1.54) is 36.4 Å². The van der Waals surface area contributed by atoms with Crippen molar-refractivity contribution in [3.05, 3.63) is 73.2 Å². The number of hydrogen-bond donors (Lipinski definition) is 1. The maximum Gasteiger partial charge on any atom is 0.335 e. The van der Waals surface area contributed by atoms with Crippen LogP contribution in [0.4, 0.5) is 5.69 Å². The fraction of sp³-hybridized carbons (Fsp3) is 0.176. The van der Waals surface area contributed by atoms with Crippen LogP contribution in [-0.4, -0.2) is 29.1 Å². The van der Waals surface area contributed by atoms with Crippen LogP contribution in [0.5, 0.6) is 0 Å². The number of nitro benzene ring substituents is 1. The molecule has 0 saturated heterocycles. The molecule has 0 saturated carbocycles. The van der Waals surface area contributed by atoms with Crippen LogP contribution in [0.1, 0.15) is 27.4 Å². The summed E-state index contributed by atoms with van der Waals surface area (Å²) in [5, 5.41) is 20.8. The second kappa shape index (κ2) is 8.16. The Morgan fingerprint density at radius 1 is 1.23 bits per heavy atom. The second-order valence-corrected chi connectivity index (χ2v) is 6.20. The molecule has 7 nitrogen and oxygen atoms in total. The van der Waals surface area contributed by atoms with Gasteiger partial charge in [-0.25, -0.2) is 4.79 Å². The third-order valence-electron chi connectivity index (χ3n) is 3.77. The largest absolute Gasteiger partial charge is 0.478 e. The van der Waals surface area contributed by atoms with Crippen molar-refractivity contribution >= 4 is 40.8 Å². The molecule has 0 aliphatic carbocycles. The average Bonchev–Trinajstić information content (AvgIpc) is 2.59. The molecule has 26 heavy (non-hydrogen) atoms. The lowest BCUT2D eigenvalue weighted by molar-refractivity contribution is -0.385. The fourth-order valence-electron chi connectivity index (χ4n) is 2.52. The van der Waals surface area contributed by atoms with Crippen molar-refractivity contribution in [1.82, 2.24) is 0 Å². The van der Waals surface area contributed by atoms with Crippen LogP contribution in [0, 0.1) is 10.1 Å². The third kappa shape index (κ3) is 4.30. The quantitative estimate of drug-likeness (QED) is 0.446. The number of nitro groups is 1. The SMILES string of the molecule is COC(=O)[C@@H](Cc1cc(Cl)ccc1[N+](=O)[O-])c1cc(C(=O)O)ccc1Cl. The molecule has 0 amide bonds. The van der Waals surface area contributed by atoms with Gasteiger partial charge < -0.3 is 9.84 Å². The van der Waals surface area contributed by atoms with Crippen molar-refractivity contribution < 1.29 is 24.4 Å². The van der Waals surface area contributed by atoms with Gasteiger partial charge in [0.05, 0.1) is 23.5 Å². The Bertz CT molecular complexity index is 884. The lowest BCUT2D eigenvalue weighted by Crippen LogP contribution is -2.18. The van der Waals surface area contributed by atoms with Crippen LogP contribution < -0.4 is 0 Å². The number of aromatic carboxylic acids is 1. The fourth-order valence-corrected chi connectivity index (χ4v) is 2.97. The molecule has 9 heteroatoms. The van der Waals surface area contributed by atoms with Crippen LogP contribution in [0.25, 0.3) is 0 Å². The molecule has 0 aliphatic heterocycles. The van der Waals surface area contributed by atoms with Gasteiger partial charge >= 0.3 is 11.9 Å². The van der Waals surface area contributed by atoms with Gasteiger partial charge in [-0.1, -0.05) is 23.2 Å². The van der Waals surface area contributed by atoms with Gasteiger partial charge in [-0.2, -0.15) is 0 Å². The zero-order chi connectivity index (χ0) is 19.4. The molecule has 0 heterocycles. The molecule has 136 valence electrons. The molecule has 2 rings (SSSR count). The maximum atomic E-state index is 12.3. The monoisotopic (exact) mass is 397 g/mol. The van der Waals surface area contributed by atoms with Crippen LogP contribution in [0.3, 0.4) is 0 Å². The van der Waals surface area contributed by atoms with Gasteiger partial charge in [-0.05, 0) is 42.3 Å². The van der Waals surface area contributed by atoms with Crippen molar-refractivity contribution in [2.75, 3.05) is 7.11 Å². The van der Waals surface area contributed by atoms with Crippen LogP contribution in [0.2, 0.25) is 10.0 Å². The number of benzene rings is 2. The zero-order valence-corrected chi connectivity index (χ0v) is 15.0. The summed E-state index contributed by atoms with van der Waals surface area (Å²) < 4.78 is 4.78. The van der Waals surface area contributed by atoms with Crippen molar-refractivity contribution in [1.29, 1.82) is 0 Å². The highest BCUT2D eigenvalue weighted by Crippen LogP contribution is 2.33. The maximum absolute atomic E-state index is 12.3. The first-order valence-corrected chi connectivity index (χ1v) is 8.03. The minimum Gasteiger partial charge on any atom is -0.478 e. The molecular weight excluding hydrogens is 385 g/mol. The number of methoxy groups -OCH3 is 1. The Morgan fingerprint density at radius 3 is 2.50 bits per heavy atom. The van der Waals surface area contributed by atoms with E-state index in [0.29, 0.717) is 0 Å². The molecular formula is C17H13Cl2NO6. The summed E-state index contributed by atoms with van der Waals surface area (Å²) in [6.45, 7) is 0. The topological polar surface area (TPSA) is 107 Å². The number of rotatable bonds is 6. The highest BCUT2D eigenvalue weighted by Gasteiger charge is 2.28. The van der Waals surface area contributed by atoms with Crippen LogP contribution in [-0.2, 0) is 16.0 Å². The van der Waals surface area contributed by atoms with E-state index in [1.807, 2.05) is 0 Å². The molecule has 1 N–H and O–H groups in total. The number of carbonyl (C=O) groups is 2. The molecule has 0 bridgehead atoms. The number of carbonyl (C=O) groups excluding carboxylic acids is 1. The van der Waals surface area contributed by atoms with Gasteiger partial charge in [0.15, 0.2) is 0 Å². The van der Waals surface area contributed by atoms with Gasteiger partial charge in [-0.3, -0.25) is 14.9 Å². The molecule has 0 fully saturated rings. The standard InChI is InChI=1S/C17H13Cl2NO6/c1-26-17(23)13(12-7-9(16(21)22)2-4-14(12)19)8-10-6-11(18)3-5-15(10)20(24)25/h2-7,13H,8H2,1H3,(H,21,22)/t13-/m0/s1. The average molecular weight is 398 g/mol. The number of halogens is 2. The van der Waals surface area contributed by atoms with Crippen LogP contribution in [0.15, 0.2) is 36.4 Å². The number of carboxylic acid groups (broad SMARTS) is 1. The van der Waals surface area contributed by atoms with E-state index in [2.05, 4.69) is 0 Å². The normalized spacial score (nSPS) is 11.7. The van der Waals surface area contributed by atoms with E-state index in [-0.39, 0.29) is 38.8 Å². The first-order valence-electron chi connectivity index (χ1n) is 7.28. The summed E-state index contributed by atoms with van der Waals surface area (Å²) in [7, 11) is 1.16. The highest BCUT2D eigenvalue weighted by molar-refractivity contribution is 6.32. The second-order valence-electron chi connectivity index (χ2n) is 5.35. The predicted octanol–water partition coefficient (Wildman–Crippen LogP) is 4.10. The number of hydrogen-bond acceptors (Lipinski definition) is 5. The van der Waals surface area contributed by atoms with E-state index < -0.39 is 22.8 Å². The molecule has 0 radical (unpaired) electrons. The smallest absolute Gasteiger partial charge is 0.335 e. The molecule has 2 aromatic rings. The van der Waals surface area contributed by atoms with Crippen molar-refractivity contribution in [3.8, 4) is 0 Å². The minimum atomic E-state index is -1.19. The summed E-state index contributed by atoms with van der Waals surface area (Å²) >= 11 is 12.1. The first kappa shape index (κ1) is 19.7. The Kier molecular flexibility index (Phi) is 6.18. The highest BCUT2D eigenvalue weighted by atomic mass is 35.5. The summed E-state index contributed by atoms with van der Waals surface area (Å²) in [6, 6.07) is 7.88. The van der Waals surface area contributed by atoms with Gasteiger partial charge in [0.1, 0.15) is 0 Å². The van der Waals surface area contributed by atoms with Gasteiger partial charge in [0.25, 0.3) is 5.69 Å². The van der Waals surface area contributed by atoms with Gasteiger partial charge in [0.2, 0.25) is 0 Å². The summed E-state index contributed by atoms with van der Waals surface area (Å²) in [6.07, 6.45) is -0.133. The predicted molar refractivity (Wildman–Crippen MR) is 95.0 cm³/mol. The van der Waals surface area contributed by atoms with Crippen molar-refractivity contribution in [2.45, 2.75) is 12.3 Å². The van der Waals surface area contributed by atoms with Crippen molar-refractivity contribution in [2.24, 2.45) is 0 Å². The molecule has 0 unspecified atom stereocenters. The Hall–Kier alpha value is -2.64. The first-order chi connectivity index (χ1) is 12.2. The lowest BCUT2D eigenvalue weighted by atomic mass is 9.90. The molecule has 2 aromatic carbocycles. The zero-order valence-electron chi connectivity index (χ0n) is 13.4. The minimum absolute atomic E-state index is 0.0705. The number of nitrogens with zero attached hydrogens (tertiary/aromatic N) is 1. The van der Waals surface area contributed by atoms with E-state index >= 15 is 0 Å². The van der Waals surface area contributed by atoms with Gasteiger partial charge in [0, 0.05) is 21.7 Å². The molecule has 0 aromatic heterocycles. The molecule has 0 aliphatic rings. The number of carboxylic acids is 1. The van der Waals surface area contributed by atoms with Crippen molar-refractivity contribution in [3.63, 3.8) is 0 Å². The van der Waals surface area contributed by atoms with E-state index in [1.54, 1.807) is 0 Å². The van der Waals surface area contributed by atoms with E-state index in [0.717, 1.165) is 7.11 Å². The number of ether oxygens (including phenoxy) is 1. The lowest BCUT2D eigenvalue weighted by Gasteiger charge is -2.17. The Morgan fingerprint density at radius 2 is 1.92 bits per heavy atom. The summed E-state index contributed by atoms with van der Waals surface area (Å²) in [5.41, 5.74) is 0.120. The Labute approximate surface area is 158 Å². The number of esters is 1. The van der Waals surface area contributed by atoms with Gasteiger partial charge in [-0.15, -0.1) is 0 Å². The van der Waals surface area contributed by atoms with E-state index in [4.69, 9.17) is 33.0 Å².